The Labute approximate surface area is 107 Å². The van der Waals surface area contributed by atoms with E-state index in [1.54, 1.807) is 0 Å². The lowest BCUT2D eigenvalue weighted by atomic mass is 10.1. The van der Waals surface area contributed by atoms with Crippen molar-refractivity contribution < 1.29 is 4.79 Å². The monoisotopic (exact) mass is 254 g/mol. The summed E-state index contributed by atoms with van der Waals surface area (Å²) in [6, 6.07) is 1.95. The van der Waals surface area contributed by atoms with Crippen molar-refractivity contribution in [3.63, 3.8) is 0 Å². The number of rotatable bonds is 3. The first-order chi connectivity index (χ1) is 8.15. The molecule has 3 nitrogen and oxygen atoms in total. The third-order valence-corrected chi connectivity index (χ3v) is 3.67. The molecule has 0 aliphatic carbocycles. The van der Waals surface area contributed by atoms with Crippen molar-refractivity contribution in [3.05, 3.63) is 23.0 Å². The minimum absolute atomic E-state index is 0.0167. The van der Waals surface area contributed by atoms with E-state index in [0.717, 1.165) is 30.0 Å². The topological polar surface area (TPSA) is 25.2 Å². The van der Waals surface area contributed by atoms with E-state index < -0.39 is 0 Å². The zero-order chi connectivity index (χ0) is 12.4. The maximum atomic E-state index is 11.7. The van der Waals surface area contributed by atoms with Gasteiger partial charge in [0.05, 0.1) is 5.88 Å². The van der Waals surface area contributed by atoms with Gasteiger partial charge in [0.25, 0.3) is 0 Å². The van der Waals surface area contributed by atoms with Crippen LogP contribution in [0.25, 0.3) is 0 Å². The molecule has 0 atom stereocenters. The second-order valence-electron chi connectivity index (χ2n) is 4.67. The SMILES string of the molecule is Cc1cc(C(=O)CCl)c(C)n1N1CCCCC1. The fourth-order valence-corrected chi connectivity index (χ4v) is 2.76. The first kappa shape index (κ1) is 12.5. The van der Waals surface area contributed by atoms with Crippen LogP contribution in [0.2, 0.25) is 0 Å². The molecule has 0 N–H and O–H groups in total. The number of ketones is 1. The number of hydrogen-bond donors (Lipinski definition) is 0. The van der Waals surface area contributed by atoms with E-state index in [1.165, 1.54) is 19.3 Å². The molecular formula is C13H19ClN2O. The Balaban J connectivity index is 2.33. The van der Waals surface area contributed by atoms with Gasteiger partial charge in [-0.1, -0.05) is 0 Å². The highest BCUT2D eigenvalue weighted by atomic mass is 35.5. The predicted molar refractivity (Wildman–Crippen MR) is 70.8 cm³/mol. The molecule has 4 heteroatoms. The second-order valence-corrected chi connectivity index (χ2v) is 4.93. The molecule has 1 aromatic heterocycles. The third kappa shape index (κ3) is 2.34. The van der Waals surface area contributed by atoms with Gasteiger partial charge in [0.2, 0.25) is 0 Å². The summed E-state index contributed by atoms with van der Waals surface area (Å²) in [4.78, 5) is 11.7. The Morgan fingerprint density at radius 3 is 2.53 bits per heavy atom. The maximum absolute atomic E-state index is 11.7. The van der Waals surface area contributed by atoms with E-state index in [4.69, 9.17) is 11.6 Å². The standard InChI is InChI=1S/C13H19ClN2O/c1-10-8-12(13(17)9-14)11(2)16(10)15-6-4-3-5-7-15/h8H,3-7,9H2,1-2H3. The molecule has 1 aromatic rings. The van der Waals surface area contributed by atoms with Gasteiger partial charge in [0.1, 0.15) is 0 Å². The van der Waals surface area contributed by atoms with Gasteiger partial charge in [0.15, 0.2) is 5.78 Å². The molecule has 1 aliphatic rings. The molecule has 0 spiro atoms. The van der Waals surface area contributed by atoms with E-state index in [1.807, 2.05) is 19.9 Å². The number of carbonyl (C=O) groups is 1. The van der Waals surface area contributed by atoms with Gasteiger partial charge >= 0.3 is 0 Å². The molecule has 1 saturated heterocycles. The van der Waals surface area contributed by atoms with Crippen LogP contribution in [0.5, 0.6) is 0 Å². The maximum Gasteiger partial charge on any atom is 0.179 e. The minimum Gasteiger partial charge on any atom is -0.313 e. The fourth-order valence-electron chi connectivity index (χ4n) is 2.62. The highest BCUT2D eigenvalue weighted by Gasteiger charge is 2.19. The largest absolute Gasteiger partial charge is 0.313 e. The summed E-state index contributed by atoms with van der Waals surface area (Å²) in [5.41, 5.74) is 2.91. The molecule has 2 rings (SSSR count). The quantitative estimate of drug-likeness (QED) is 0.612. The van der Waals surface area contributed by atoms with Gasteiger partial charge in [-0.05, 0) is 39.2 Å². The number of hydrogen-bond acceptors (Lipinski definition) is 2. The van der Waals surface area contributed by atoms with Crippen LogP contribution in [0.4, 0.5) is 0 Å². The lowest BCUT2D eigenvalue weighted by molar-refractivity contribution is 0.102. The zero-order valence-corrected chi connectivity index (χ0v) is 11.3. The van der Waals surface area contributed by atoms with Crippen molar-refractivity contribution in [1.82, 2.24) is 4.68 Å². The summed E-state index contributed by atoms with van der Waals surface area (Å²) >= 11 is 5.63. The van der Waals surface area contributed by atoms with Gasteiger partial charge in [0, 0.05) is 30.0 Å². The molecule has 0 aromatic carbocycles. The molecule has 0 saturated carbocycles. The smallest absolute Gasteiger partial charge is 0.179 e. The Bertz CT molecular complexity index is 419. The van der Waals surface area contributed by atoms with Crippen molar-refractivity contribution in [2.24, 2.45) is 0 Å². The van der Waals surface area contributed by atoms with Crippen molar-refractivity contribution >= 4 is 17.4 Å². The number of aryl methyl sites for hydroxylation is 1. The van der Waals surface area contributed by atoms with Crippen LogP contribution in [0.1, 0.15) is 41.0 Å². The molecule has 0 radical (unpaired) electrons. The molecule has 17 heavy (non-hydrogen) atoms. The first-order valence-corrected chi connectivity index (χ1v) is 6.72. The van der Waals surface area contributed by atoms with Crippen LogP contribution in [-0.4, -0.2) is 29.4 Å². The first-order valence-electron chi connectivity index (χ1n) is 6.18. The van der Waals surface area contributed by atoms with Gasteiger partial charge in [-0.15, -0.1) is 11.6 Å². The van der Waals surface area contributed by atoms with Gasteiger partial charge in [-0.2, -0.15) is 0 Å². The number of aromatic nitrogens is 1. The van der Waals surface area contributed by atoms with Gasteiger partial charge in [-0.3, -0.25) is 9.47 Å². The van der Waals surface area contributed by atoms with Crippen LogP contribution in [0, 0.1) is 13.8 Å². The van der Waals surface area contributed by atoms with E-state index in [0.29, 0.717) is 0 Å². The Morgan fingerprint density at radius 2 is 1.94 bits per heavy atom. The zero-order valence-electron chi connectivity index (χ0n) is 10.5. The molecule has 94 valence electrons. The van der Waals surface area contributed by atoms with E-state index in [-0.39, 0.29) is 11.7 Å². The summed E-state index contributed by atoms with van der Waals surface area (Å²) in [6.07, 6.45) is 3.77. The van der Waals surface area contributed by atoms with Crippen LogP contribution in [0.15, 0.2) is 6.07 Å². The Kier molecular flexibility index (Phi) is 3.77. The molecular weight excluding hydrogens is 236 g/mol. The molecule has 0 unspecified atom stereocenters. The number of piperidine rings is 1. The lowest BCUT2D eigenvalue weighted by Crippen LogP contribution is -2.40. The Morgan fingerprint density at radius 1 is 1.29 bits per heavy atom. The summed E-state index contributed by atoms with van der Waals surface area (Å²) in [5, 5.41) is 2.33. The number of Topliss-reactive ketones (excluding diaryl/α,β-unsaturated/α-hetero) is 1. The van der Waals surface area contributed by atoms with E-state index >= 15 is 0 Å². The summed E-state index contributed by atoms with van der Waals surface area (Å²) in [6.45, 7) is 6.20. The molecule has 1 aliphatic heterocycles. The van der Waals surface area contributed by atoms with Crippen LogP contribution in [-0.2, 0) is 0 Å². The van der Waals surface area contributed by atoms with Crippen LogP contribution in [0.3, 0.4) is 0 Å². The molecule has 0 bridgehead atoms. The normalized spacial score (nSPS) is 16.3. The van der Waals surface area contributed by atoms with Gasteiger partial charge < -0.3 is 5.01 Å². The summed E-state index contributed by atoms with van der Waals surface area (Å²) in [7, 11) is 0. The van der Waals surface area contributed by atoms with Crippen LogP contribution < -0.4 is 5.01 Å². The van der Waals surface area contributed by atoms with E-state index in [2.05, 4.69) is 9.69 Å². The van der Waals surface area contributed by atoms with Crippen molar-refractivity contribution in [2.45, 2.75) is 33.1 Å². The highest BCUT2D eigenvalue weighted by Crippen LogP contribution is 2.19. The van der Waals surface area contributed by atoms with Crippen molar-refractivity contribution in [2.75, 3.05) is 24.0 Å². The minimum atomic E-state index is 0.0167. The highest BCUT2D eigenvalue weighted by molar-refractivity contribution is 6.30. The third-order valence-electron chi connectivity index (χ3n) is 3.43. The lowest BCUT2D eigenvalue weighted by Gasteiger charge is -2.32. The van der Waals surface area contributed by atoms with Crippen LogP contribution >= 0.6 is 11.6 Å². The average Bonchev–Trinajstić information content (AvgIpc) is 2.65. The second kappa shape index (κ2) is 5.13. The molecule has 0 amide bonds. The number of alkyl halides is 1. The Hall–Kier alpha value is -0.960. The molecule has 2 heterocycles. The summed E-state index contributed by atoms with van der Waals surface area (Å²) < 4.78 is 2.18. The van der Waals surface area contributed by atoms with Crippen molar-refractivity contribution in [3.8, 4) is 0 Å². The number of carbonyl (C=O) groups excluding carboxylic acids is 1. The fraction of sp³-hybridized carbons (Fsp3) is 0.615. The predicted octanol–water partition coefficient (Wildman–Crippen LogP) is 2.65. The van der Waals surface area contributed by atoms with E-state index in [9.17, 15) is 4.79 Å². The number of halogens is 1. The average molecular weight is 255 g/mol. The number of nitrogens with zero attached hydrogens (tertiary/aromatic N) is 2. The summed E-state index contributed by atoms with van der Waals surface area (Å²) in [5.74, 6) is 0.0765. The van der Waals surface area contributed by atoms with Crippen molar-refractivity contribution in [1.29, 1.82) is 0 Å². The molecule has 1 fully saturated rings. The van der Waals surface area contributed by atoms with Gasteiger partial charge in [-0.25, -0.2) is 0 Å².